The number of amides is 2. The van der Waals surface area contributed by atoms with Gasteiger partial charge in [-0.25, -0.2) is 8.42 Å². The molecule has 186 valence electrons. The van der Waals surface area contributed by atoms with Crippen LogP contribution < -0.4 is 9.62 Å². The van der Waals surface area contributed by atoms with E-state index in [0.29, 0.717) is 25.1 Å². The molecule has 0 radical (unpaired) electrons. The number of hydrogen-bond acceptors (Lipinski definition) is 4. The number of carbonyl (C=O) groups is 2. The molecule has 0 bridgehead atoms. The predicted molar refractivity (Wildman–Crippen MR) is 137 cm³/mol. The Balaban J connectivity index is 2.37. The van der Waals surface area contributed by atoms with E-state index in [1.807, 2.05) is 57.2 Å². The summed E-state index contributed by atoms with van der Waals surface area (Å²) in [4.78, 5) is 28.2. The van der Waals surface area contributed by atoms with Gasteiger partial charge in [-0.15, -0.1) is 0 Å². The van der Waals surface area contributed by atoms with Crippen LogP contribution in [0.1, 0.15) is 44.7 Å². The Bertz CT molecular complexity index is 1060. The van der Waals surface area contributed by atoms with E-state index in [0.717, 1.165) is 28.1 Å². The quantitative estimate of drug-likeness (QED) is 0.496. The Morgan fingerprint density at radius 3 is 2.15 bits per heavy atom. The van der Waals surface area contributed by atoms with Crippen molar-refractivity contribution in [2.45, 2.75) is 59.0 Å². The van der Waals surface area contributed by atoms with Crippen LogP contribution in [0.4, 0.5) is 5.69 Å². The molecule has 0 aliphatic heterocycles. The molecule has 0 spiro atoms. The van der Waals surface area contributed by atoms with Gasteiger partial charge in [0, 0.05) is 12.6 Å². The summed E-state index contributed by atoms with van der Waals surface area (Å²) in [5.74, 6) is -0.629. The molecule has 0 aromatic heterocycles. The Morgan fingerprint density at radius 2 is 1.59 bits per heavy atom. The van der Waals surface area contributed by atoms with Gasteiger partial charge in [-0.3, -0.25) is 13.9 Å². The molecule has 2 amide bonds. The summed E-state index contributed by atoms with van der Waals surface area (Å²) in [7, 11) is -3.73. The zero-order chi connectivity index (χ0) is 25.3. The summed E-state index contributed by atoms with van der Waals surface area (Å²) in [6.07, 6.45) is 2.85. The van der Waals surface area contributed by atoms with Crippen LogP contribution in [0.15, 0.2) is 54.6 Å². The highest BCUT2D eigenvalue weighted by atomic mass is 32.2. The van der Waals surface area contributed by atoms with Crippen LogP contribution in [0.25, 0.3) is 0 Å². The number of rotatable bonds is 12. The highest BCUT2D eigenvalue weighted by Gasteiger charge is 2.32. The highest BCUT2D eigenvalue weighted by Crippen LogP contribution is 2.22. The second-order valence-electron chi connectivity index (χ2n) is 8.62. The minimum Gasteiger partial charge on any atom is -0.352 e. The van der Waals surface area contributed by atoms with Crippen LogP contribution in [0.3, 0.4) is 0 Å². The van der Waals surface area contributed by atoms with E-state index >= 15 is 0 Å². The van der Waals surface area contributed by atoms with E-state index in [4.69, 9.17) is 0 Å². The fourth-order valence-electron chi connectivity index (χ4n) is 3.78. The first-order valence-corrected chi connectivity index (χ1v) is 13.6. The van der Waals surface area contributed by atoms with E-state index in [9.17, 15) is 18.0 Å². The van der Waals surface area contributed by atoms with Crippen molar-refractivity contribution in [3.63, 3.8) is 0 Å². The maximum absolute atomic E-state index is 13.6. The molecule has 7 nitrogen and oxygen atoms in total. The summed E-state index contributed by atoms with van der Waals surface area (Å²) < 4.78 is 26.4. The van der Waals surface area contributed by atoms with E-state index < -0.39 is 22.0 Å². The number of hydrogen-bond donors (Lipinski definition) is 1. The van der Waals surface area contributed by atoms with Gasteiger partial charge >= 0.3 is 0 Å². The van der Waals surface area contributed by atoms with Gasteiger partial charge in [-0.2, -0.15) is 0 Å². The van der Waals surface area contributed by atoms with Crippen LogP contribution >= 0.6 is 0 Å². The van der Waals surface area contributed by atoms with Crippen molar-refractivity contribution in [2.24, 2.45) is 0 Å². The lowest BCUT2D eigenvalue weighted by Crippen LogP contribution is -2.54. The van der Waals surface area contributed by atoms with Crippen molar-refractivity contribution < 1.29 is 18.0 Å². The standard InChI is InChI=1S/C26H37N3O4S/c1-6-21(4)27-26(31)23(7-2)28(18-17-22-14-9-8-10-15-22)25(30)19-29(34(5,32)33)24-16-12-11-13-20(24)3/h8-16,21,23H,6-7,17-19H2,1-5H3,(H,27,31)/t21-,23+/m1/s1. The molecule has 2 atom stereocenters. The predicted octanol–water partition coefficient (Wildman–Crippen LogP) is 3.53. The minimum absolute atomic E-state index is 0.0212. The molecule has 2 aromatic rings. The molecular formula is C26H37N3O4S. The molecule has 0 saturated heterocycles. The molecule has 0 fully saturated rings. The van der Waals surface area contributed by atoms with E-state index in [1.165, 1.54) is 4.90 Å². The van der Waals surface area contributed by atoms with Gasteiger partial charge in [0.25, 0.3) is 0 Å². The number of nitrogens with zero attached hydrogens (tertiary/aromatic N) is 2. The monoisotopic (exact) mass is 487 g/mol. The third kappa shape index (κ3) is 7.58. The fourth-order valence-corrected chi connectivity index (χ4v) is 4.68. The van der Waals surface area contributed by atoms with Crippen LogP contribution in [0.5, 0.6) is 0 Å². The Hall–Kier alpha value is -2.87. The van der Waals surface area contributed by atoms with Crippen molar-refractivity contribution in [3.05, 3.63) is 65.7 Å². The average Bonchev–Trinajstić information content (AvgIpc) is 2.80. The van der Waals surface area contributed by atoms with Gasteiger partial charge < -0.3 is 10.2 Å². The van der Waals surface area contributed by atoms with Crippen molar-refractivity contribution >= 4 is 27.5 Å². The molecule has 34 heavy (non-hydrogen) atoms. The molecule has 2 rings (SSSR count). The second-order valence-corrected chi connectivity index (χ2v) is 10.5. The lowest BCUT2D eigenvalue weighted by atomic mass is 10.1. The van der Waals surface area contributed by atoms with Crippen molar-refractivity contribution in [2.75, 3.05) is 23.7 Å². The van der Waals surface area contributed by atoms with Crippen LogP contribution in [-0.4, -0.2) is 56.6 Å². The smallest absolute Gasteiger partial charge is 0.244 e. The molecule has 8 heteroatoms. The summed E-state index contributed by atoms with van der Waals surface area (Å²) in [6.45, 7) is 7.51. The number of carbonyl (C=O) groups excluding carboxylic acids is 2. The number of para-hydroxylation sites is 1. The molecule has 0 aliphatic carbocycles. The summed E-state index contributed by atoms with van der Waals surface area (Å²) in [6, 6.07) is 16.1. The first-order chi connectivity index (χ1) is 16.1. The zero-order valence-electron chi connectivity index (χ0n) is 20.8. The first-order valence-electron chi connectivity index (χ1n) is 11.8. The van der Waals surface area contributed by atoms with E-state index in [1.54, 1.807) is 25.1 Å². The first kappa shape index (κ1) is 27.4. The topological polar surface area (TPSA) is 86.8 Å². The normalized spacial score (nSPS) is 13.1. The number of benzene rings is 2. The minimum atomic E-state index is -3.73. The van der Waals surface area contributed by atoms with Crippen molar-refractivity contribution in [3.8, 4) is 0 Å². The van der Waals surface area contributed by atoms with Gasteiger partial charge in [-0.1, -0.05) is 62.4 Å². The highest BCUT2D eigenvalue weighted by molar-refractivity contribution is 7.92. The second kappa shape index (κ2) is 12.6. The third-order valence-electron chi connectivity index (χ3n) is 5.93. The van der Waals surface area contributed by atoms with Gasteiger partial charge in [-0.05, 0) is 50.3 Å². The maximum atomic E-state index is 13.6. The lowest BCUT2D eigenvalue weighted by molar-refractivity contribution is -0.139. The van der Waals surface area contributed by atoms with Crippen LogP contribution in [0, 0.1) is 6.92 Å². The molecule has 1 N–H and O–H groups in total. The van der Waals surface area contributed by atoms with Crippen molar-refractivity contribution in [1.82, 2.24) is 10.2 Å². The fraction of sp³-hybridized carbons (Fsp3) is 0.462. The largest absolute Gasteiger partial charge is 0.352 e. The SMILES string of the molecule is CC[C@@H](C)NC(=O)[C@H](CC)N(CCc1ccccc1)C(=O)CN(c1ccccc1C)S(C)(=O)=O. The number of sulfonamides is 1. The maximum Gasteiger partial charge on any atom is 0.244 e. The molecule has 0 unspecified atom stereocenters. The summed E-state index contributed by atoms with van der Waals surface area (Å²) in [5.41, 5.74) is 2.24. The van der Waals surface area contributed by atoms with Gasteiger partial charge in [0.05, 0.1) is 11.9 Å². The van der Waals surface area contributed by atoms with E-state index in [-0.39, 0.29) is 18.5 Å². The number of anilines is 1. The summed E-state index contributed by atoms with van der Waals surface area (Å²) >= 11 is 0. The van der Waals surface area contributed by atoms with Gasteiger partial charge in [0.15, 0.2) is 0 Å². The Kier molecular flexibility index (Phi) is 10.1. The van der Waals surface area contributed by atoms with Crippen LogP contribution in [0.2, 0.25) is 0 Å². The zero-order valence-corrected chi connectivity index (χ0v) is 21.6. The molecule has 0 heterocycles. The number of aryl methyl sites for hydroxylation is 1. The number of nitrogens with one attached hydrogen (secondary N) is 1. The average molecular weight is 488 g/mol. The molecule has 0 saturated carbocycles. The van der Waals surface area contributed by atoms with Gasteiger partial charge in [0.1, 0.15) is 12.6 Å². The lowest BCUT2D eigenvalue weighted by Gasteiger charge is -2.33. The van der Waals surface area contributed by atoms with E-state index in [2.05, 4.69) is 5.32 Å². The third-order valence-corrected chi connectivity index (χ3v) is 7.06. The van der Waals surface area contributed by atoms with Gasteiger partial charge in [0.2, 0.25) is 21.8 Å². The Morgan fingerprint density at radius 1 is 0.971 bits per heavy atom. The van der Waals surface area contributed by atoms with Crippen LogP contribution in [-0.2, 0) is 26.0 Å². The Labute approximate surface area is 204 Å². The van der Waals surface area contributed by atoms with Crippen molar-refractivity contribution in [1.29, 1.82) is 0 Å². The molecule has 2 aromatic carbocycles. The summed E-state index contributed by atoms with van der Waals surface area (Å²) in [5, 5.41) is 2.97. The molecule has 0 aliphatic rings. The molecular weight excluding hydrogens is 450 g/mol.